The predicted molar refractivity (Wildman–Crippen MR) is 65.8 cm³/mol. The van der Waals surface area contributed by atoms with Crippen LogP contribution < -0.4 is 11.1 Å². The first-order valence-electron chi connectivity index (χ1n) is 5.30. The second kappa shape index (κ2) is 5.65. The monoisotopic (exact) mass is 240 g/mol. The molecule has 0 saturated carbocycles. The van der Waals surface area contributed by atoms with E-state index in [1.807, 2.05) is 13.8 Å². The summed E-state index contributed by atoms with van der Waals surface area (Å²) in [5, 5.41) is 3.30. The van der Waals surface area contributed by atoms with Gasteiger partial charge in [-0.05, 0) is 18.9 Å². The van der Waals surface area contributed by atoms with Gasteiger partial charge in [-0.3, -0.25) is 9.59 Å². The lowest BCUT2D eigenvalue weighted by Gasteiger charge is -2.02. The molecule has 1 aromatic rings. The number of amides is 2. The van der Waals surface area contributed by atoms with Gasteiger partial charge in [0.2, 0.25) is 5.91 Å². The Morgan fingerprint density at radius 2 is 2.12 bits per heavy atom. The second-order valence-corrected chi connectivity index (χ2v) is 4.61. The highest BCUT2D eigenvalue weighted by Gasteiger charge is 2.14. The molecule has 0 spiro atoms. The highest BCUT2D eigenvalue weighted by molar-refractivity contribution is 7.16. The topological polar surface area (TPSA) is 72.2 Å². The molecule has 0 radical (unpaired) electrons. The third kappa shape index (κ3) is 3.06. The van der Waals surface area contributed by atoms with Crippen molar-refractivity contribution in [3.63, 3.8) is 0 Å². The molecule has 0 aromatic carbocycles. The van der Waals surface area contributed by atoms with Crippen LogP contribution in [0, 0.1) is 0 Å². The fourth-order valence-electron chi connectivity index (χ4n) is 1.31. The van der Waals surface area contributed by atoms with Gasteiger partial charge in [0.25, 0.3) is 5.91 Å². The molecule has 0 aliphatic carbocycles. The Bertz CT molecular complexity index is 399. The highest BCUT2D eigenvalue weighted by Crippen LogP contribution is 2.28. The molecule has 2 amide bonds. The molecule has 0 unspecified atom stereocenters. The summed E-state index contributed by atoms with van der Waals surface area (Å²) >= 11 is 1.41. The first kappa shape index (κ1) is 12.7. The zero-order chi connectivity index (χ0) is 12.1. The number of primary amides is 1. The van der Waals surface area contributed by atoms with E-state index >= 15 is 0 Å². The van der Waals surface area contributed by atoms with E-state index in [-0.39, 0.29) is 5.91 Å². The van der Waals surface area contributed by atoms with E-state index < -0.39 is 5.91 Å². The van der Waals surface area contributed by atoms with Gasteiger partial charge in [0.1, 0.15) is 5.00 Å². The van der Waals surface area contributed by atoms with Gasteiger partial charge in [-0.2, -0.15) is 0 Å². The maximum atomic E-state index is 11.4. The summed E-state index contributed by atoms with van der Waals surface area (Å²) in [6.45, 7) is 3.93. The Morgan fingerprint density at radius 3 is 2.62 bits per heavy atom. The molecular formula is C11H16N2O2S. The van der Waals surface area contributed by atoms with Crippen molar-refractivity contribution in [2.24, 2.45) is 5.73 Å². The van der Waals surface area contributed by atoms with Crippen LogP contribution in [0.1, 0.15) is 41.9 Å². The molecule has 1 heterocycles. The molecule has 88 valence electrons. The number of carbonyl (C=O) groups is 2. The van der Waals surface area contributed by atoms with Crippen LogP contribution in [0.15, 0.2) is 6.07 Å². The van der Waals surface area contributed by atoms with E-state index in [0.717, 1.165) is 17.7 Å². The van der Waals surface area contributed by atoms with E-state index in [2.05, 4.69) is 5.32 Å². The van der Waals surface area contributed by atoms with E-state index in [1.165, 1.54) is 11.3 Å². The Hall–Kier alpha value is -1.36. The van der Waals surface area contributed by atoms with Gasteiger partial charge in [-0.1, -0.05) is 13.8 Å². The lowest BCUT2D eigenvalue weighted by molar-refractivity contribution is -0.116. The normalized spacial score (nSPS) is 10.1. The van der Waals surface area contributed by atoms with Crippen molar-refractivity contribution in [3.05, 3.63) is 16.5 Å². The van der Waals surface area contributed by atoms with Crippen molar-refractivity contribution >= 4 is 28.2 Å². The van der Waals surface area contributed by atoms with Crippen LogP contribution in [-0.2, 0) is 11.2 Å². The molecule has 0 bridgehead atoms. The number of nitrogens with one attached hydrogen (secondary N) is 1. The predicted octanol–water partition coefficient (Wildman–Crippen LogP) is 2.15. The summed E-state index contributed by atoms with van der Waals surface area (Å²) in [4.78, 5) is 23.6. The summed E-state index contributed by atoms with van der Waals surface area (Å²) in [5.74, 6) is -0.572. The van der Waals surface area contributed by atoms with Gasteiger partial charge in [-0.15, -0.1) is 11.3 Å². The third-order valence-electron chi connectivity index (χ3n) is 2.13. The average molecular weight is 240 g/mol. The Labute approximate surface area is 98.8 Å². The maximum Gasteiger partial charge on any atom is 0.251 e. The summed E-state index contributed by atoms with van der Waals surface area (Å²) in [6.07, 6.45) is 2.07. The minimum Gasteiger partial charge on any atom is -0.366 e. The number of carbonyl (C=O) groups excluding carboxylic acids is 2. The average Bonchev–Trinajstić information content (AvgIpc) is 2.61. The van der Waals surface area contributed by atoms with Crippen LogP contribution in [0.3, 0.4) is 0 Å². The van der Waals surface area contributed by atoms with Crippen LogP contribution in [0.2, 0.25) is 0 Å². The molecular weight excluding hydrogens is 224 g/mol. The van der Waals surface area contributed by atoms with Crippen LogP contribution in [-0.4, -0.2) is 11.8 Å². The van der Waals surface area contributed by atoms with E-state index in [9.17, 15) is 9.59 Å². The molecule has 16 heavy (non-hydrogen) atoms. The van der Waals surface area contributed by atoms with E-state index in [4.69, 9.17) is 5.73 Å². The minimum atomic E-state index is -0.497. The summed E-state index contributed by atoms with van der Waals surface area (Å²) in [7, 11) is 0. The number of nitrogens with two attached hydrogens (primary N) is 1. The van der Waals surface area contributed by atoms with E-state index in [0.29, 0.717) is 17.0 Å². The van der Waals surface area contributed by atoms with Crippen molar-refractivity contribution < 1.29 is 9.59 Å². The van der Waals surface area contributed by atoms with Gasteiger partial charge in [0.05, 0.1) is 5.56 Å². The molecule has 4 nitrogen and oxygen atoms in total. The maximum absolute atomic E-state index is 11.4. The molecule has 0 saturated heterocycles. The Balaban J connectivity index is 2.89. The number of hydrogen-bond acceptors (Lipinski definition) is 3. The highest BCUT2D eigenvalue weighted by atomic mass is 32.1. The van der Waals surface area contributed by atoms with E-state index in [1.54, 1.807) is 6.07 Å². The van der Waals surface area contributed by atoms with Crippen LogP contribution >= 0.6 is 11.3 Å². The first-order chi connectivity index (χ1) is 7.58. The fraction of sp³-hybridized carbons (Fsp3) is 0.455. The van der Waals surface area contributed by atoms with Crippen molar-refractivity contribution in [1.29, 1.82) is 0 Å². The molecule has 0 fully saturated rings. The van der Waals surface area contributed by atoms with Crippen LogP contribution in [0.25, 0.3) is 0 Å². The molecule has 3 N–H and O–H groups in total. The second-order valence-electron chi connectivity index (χ2n) is 3.47. The van der Waals surface area contributed by atoms with Crippen molar-refractivity contribution in [3.8, 4) is 0 Å². The van der Waals surface area contributed by atoms with Crippen molar-refractivity contribution in [2.75, 3.05) is 5.32 Å². The smallest absolute Gasteiger partial charge is 0.251 e. The molecule has 1 aromatic heterocycles. The van der Waals surface area contributed by atoms with Crippen molar-refractivity contribution in [2.45, 2.75) is 33.1 Å². The quantitative estimate of drug-likeness (QED) is 0.827. The number of thiophene rings is 1. The largest absolute Gasteiger partial charge is 0.366 e. The molecule has 0 aliphatic heterocycles. The number of rotatable bonds is 5. The SMILES string of the molecule is CCCC(=O)Nc1sc(CC)cc1C(N)=O. The Kier molecular flexibility index (Phi) is 4.49. The van der Waals surface area contributed by atoms with Gasteiger partial charge in [-0.25, -0.2) is 0 Å². The summed E-state index contributed by atoms with van der Waals surface area (Å²) in [5.41, 5.74) is 5.66. The molecule has 1 rings (SSSR count). The summed E-state index contributed by atoms with van der Waals surface area (Å²) < 4.78 is 0. The van der Waals surface area contributed by atoms with Gasteiger partial charge in [0, 0.05) is 11.3 Å². The number of anilines is 1. The van der Waals surface area contributed by atoms with Gasteiger partial charge < -0.3 is 11.1 Å². The minimum absolute atomic E-state index is 0.0745. The van der Waals surface area contributed by atoms with Gasteiger partial charge >= 0.3 is 0 Å². The summed E-state index contributed by atoms with van der Waals surface area (Å²) in [6, 6.07) is 1.74. The standard InChI is InChI=1S/C11H16N2O2S/c1-3-5-9(14)13-11-8(10(12)15)6-7(4-2)16-11/h6H,3-5H2,1-2H3,(H2,12,15)(H,13,14). The fourth-order valence-corrected chi connectivity index (χ4v) is 2.33. The first-order valence-corrected chi connectivity index (χ1v) is 6.12. The lowest BCUT2D eigenvalue weighted by Crippen LogP contribution is -2.15. The zero-order valence-corrected chi connectivity index (χ0v) is 10.3. The van der Waals surface area contributed by atoms with Crippen LogP contribution in [0.5, 0.6) is 0 Å². The Morgan fingerprint density at radius 1 is 1.44 bits per heavy atom. The zero-order valence-electron chi connectivity index (χ0n) is 9.50. The van der Waals surface area contributed by atoms with Crippen molar-refractivity contribution in [1.82, 2.24) is 0 Å². The molecule has 5 heteroatoms. The lowest BCUT2D eigenvalue weighted by atomic mass is 10.2. The number of aryl methyl sites for hydroxylation is 1. The molecule has 0 atom stereocenters. The third-order valence-corrected chi connectivity index (χ3v) is 3.32. The van der Waals surface area contributed by atoms with Crippen LogP contribution in [0.4, 0.5) is 5.00 Å². The number of hydrogen-bond donors (Lipinski definition) is 2. The molecule has 0 aliphatic rings. The van der Waals surface area contributed by atoms with Gasteiger partial charge in [0.15, 0.2) is 0 Å².